The number of hydrogen-bond acceptors (Lipinski definition) is 4. The third-order valence-corrected chi connectivity index (χ3v) is 4.16. The average Bonchev–Trinajstić information content (AvgIpc) is 2.39. The molecule has 0 spiro atoms. The van der Waals surface area contributed by atoms with Crippen LogP contribution in [0.3, 0.4) is 0 Å². The Kier molecular flexibility index (Phi) is 7.15. The van der Waals surface area contributed by atoms with Gasteiger partial charge in [-0.3, -0.25) is 0 Å². The van der Waals surface area contributed by atoms with Crippen LogP contribution in [-0.2, 0) is 4.74 Å². The van der Waals surface area contributed by atoms with Crippen molar-refractivity contribution in [2.24, 2.45) is 11.7 Å². The predicted molar refractivity (Wildman–Crippen MR) is 74.6 cm³/mol. The molecule has 3 N–H and O–H groups in total. The molecule has 1 saturated heterocycles. The Morgan fingerprint density at radius 1 is 1.50 bits per heavy atom. The number of nitrogens with zero attached hydrogens (tertiary/aromatic N) is 1. The highest BCUT2D eigenvalue weighted by atomic mass is 16.5. The van der Waals surface area contributed by atoms with Crippen molar-refractivity contribution in [1.82, 2.24) is 4.90 Å². The van der Waals surface area contributed by atoms with Gasteiger partial charge in [-0.15, -0.1) is 0 Å². The van der Waals surface area contributed by atoms with Crippen molar-refractivity contribution in [2.45, 2.75) is 44.6 Å². The summed E-state index contributed by atoms with van der Waals surface area (Å²) in [6, 6.07) is 0. The molecular formula is C14H30N2O2. The van der Waals surface area contributed by atoms with Crippen LogP contribution in [0.15, 0.2) is 0 Å². The van der Waals surface area contributed by atoms with E-state index in [2.05, 4.69) is 4.90 Å². The summed E-state index contributed by atoms with van der Waals surface area (Å²) in [5, 5.41) is 10.1. The van der Waals surface area contributed by atoms with Crippen molar-refractivity contribution < 1.29 is 9.84 Å². The largest absolute Gasteiger partial charge is 0.389 e. The summed E-state index contributed by atoms with van der Waals surface area (Å²) in [5.74, 6) is 0.684. The SMILES string of the molecule is CCC(O)(CN)CCCN1CCCC(COC)C1. The number of nitrogens with two attached hydrogens (primary N) is 1. The molecule has 0 bridgehead atoms. The van der Waals surface area contributed by atoms with Crippen LogP contribution in [0.4, 0.5) is 0 Å². The van der Waals surface area contributed by atoms with Crippen LogP contribution < -0.4 is 5.73 Å². The molecule has 0 aromatic carbocycles. The molecule has 0 aromatic rings. The summed E-state index contributed by atoms with van der Waals surface area (Å²) < 4.78 is 5.24. The second-order valence-corrected chi connectivity index (χ2v) is 5.65. The standard InChI is InChI=1S/C14H30N2O2/c1-3-14(17,12-15)7-5-9-16-8-4-6-13(10-16)11-18-2/h13,17H,3-12,15H2,1-2H3. The fraction of sp³-hybridized carbons (Fsp3) is 1.00. The van der Waals surface area contributed by atoms with Crippen LogP contribution in [-0.4, -0.2) is 55.5 Å². The van der Waals surface area contributed by atoms with E-state index in [0.29, 0.717) is 12.5 Å². The number of rotatable bonds is 8. The minimum absolute atomic E-state index is 0.371. The van der Waals surface area contributed by atoms with Crippen molar-refractivity contribution >= 4 is 0 Å². The van der Waals surface area contributed by atoms with E-state index in [-0.39, 0.29) is 0 Å². The molecule has 2 atom stereocenters. The Morgan fingerprint density at radius 2 is 2.28 bits per heavy atom. The van der Waals surface area contributed by atoms with Gasteiger partial charge in [0.05, 0.1) is 12.2 Å². The fourth-order valence-corrected chi connectivity index (χ4v) is 2.78. The first kappa shape index (κ1) is 15.9. The molecule has 108 valence electrons. The maximum Gasteiger partial charge on any atom is 0.0767 e. The molecule has 2 unspecified atom stereocenters. The van der Waals surface area contributed by atoms with E-state index in [0.717, 1.165) is 39.0 Å². The molecule has 1 fully saturated rings. The highest BCUT2D eigenvalue weighted by Gasteiger charge is 2.24. The van der Waals surface area contributed by atoms with E-state index in [1.54, 1.807) is 7.11 Å². The molecular weight excluding hydrogens is 228 g/mol. The fourth-order valence-electron chi connectivity index (χ4n) is 2.78. The van der Waals surface area contributed by atoms with Gasteiger partial charge in [-0.1, -0.05) is 6.92 Å². The molecule has 0 aliphatic carbocycles. The van der Waals surface area contributed by atoms with Crippen LogP contribution in [0.2, 0.25) is 0 Å². The molecule has 4 heteroatoms. The van der Waals surface area contributed by atoms with Gasteiger partial charge >= 0.3 is 0 Å². The molecule has 0 aromatic heterocycles. The molecule has 1 aliphatic rings. The minimum atomic E-state index is -0.651. The Balaban J connectivity index is 2.22. The van der Waals surface area contributed by atoms with Crippen LogP contribution in [0.25, 0.3) is 0 Å². The van der Waals surface area contributed by atoms with Crippen LogP contribution in [0.1, 0.15) is 39.0 Å². The van der Waals surface area contributed by atoms with Gasteiger partial charge in [0.15, 0.2) is 0 Å². The summed E-state index contributed by atoms with van der Waals surface area (Å²) in [5.41, 5.74) is 4.97. The van der Waals surface area contributed by atoms with Crippen molar-refractivity contribution in [1.29, 1.82) is 0 Å². The molecule has 0 saturated carbocycles. The smallest absolute Gasteiger partial charge is 0.0767 e. The second-order valence-electron chi connectivity index (χ2n) is 5.65. The van der Waals surface area contributed by atoms with Gasteiger partial charge in [-0.05, 0) is 51.1 Å². The van der Waals surface area contributed by atoms with Crippen molar-refractivity contribution in [3.8, 4) is 0 Å². The van der Waals surface area contributed by atoms with Gasteiger partial charge in [0.1, 0.15) is 0 Å². The van der Waals surface area contributed by atoms with Gasteiger partial charge < -0.3 is 20.5 Å². The Bertz CT molecular complexity index is 218. The first-order valence-corrected chi connectivity index (χ1v) is 7.27. The molecule has 1 aliphatic heterocycles. The summed E-state index contributed by atoms with van der Waals surface area (Å²) in [6.07, 6.45) is 5.14. The zero-order chi connectivity index (χ0) is 13.4. The zero-order valence-corrected chi connectivity index (χ0v) is 12.0. The van der Waals surface area contributed by atoms with Crippen molar-refractivity contribution in [3.05, 3.63) is 0 Å². The quantitative estimate of drug-likeness (QED) is 0.687. The first-order valence-electron chi connectivity index (χ1n) is 7.27. The zero-order valence-electron chi connectivity index (χ0n) is 12.0. The lowest BCUT2D eigenvalue weighted by atomic mass is 9.94. The molecule has 1 heterocycles. The second kappa shape index (κ2) is 8.10. The number of hydrogen-bond donors (Lipinski definition) is 2. The highest BCUT2D eigenvalue weighted by molar-refractivity contribution is 4.79. The van der Waals surface area contributed by atoms with Gasteiger partial charge in [0.2, 0.25) is 0 Å². The van der Waals surface area contributed by atoms with Crippen LogP contribution >= 0.6 is 0 Å². The number of ether oxygens (including phenoxy) is 1. The lowest BCUT2D eigenvalue weighted by Gasteiger charge is -2.33. The van der Waals surface area contributed by atoms with E-state index in [9.17, 15) is 5.11 Å². The third kappa shape index (κ3) is 5.22. The lowest BCUT2D eigenvalue weighted by molar-refractivity contribution is 0.0285. The van der Waals surface area contributed by atoms with Gasteiger partial charge in [-0.2, -0.15) is 0 Å². The monoisotopic (exact) mass is 258 g/mol. The average molecular weight is 258 g/mol. The van der Waals surface area contributed by atoms with E-state index in [4.69, 9.17) is 10.5 Å². The van der Waals surface area contributed by atoms with Crippen LogP contribution in [0, 0.1) is 5.92 Å². The summed E-state index contributed by atoms with van der Waals surface area (Å²) in [7, 11) is 1.78. The topological polar surface area (TPSA) is 58.7 Å². The molecule has 0 amide bonds. The predicted octanol–water partition coefficient (Wildman–Crippen LogP) is 1.22. The number of piperidine rings is 1. The van der Waals surface area contributed by atoms with Gasteiger partial charge in [0.25, 0.3) is 0 Å². The van der Waals surface area contributed by atoms with Crippen molar-refractivity contribution in [2.75, 3.05) is 39.9 Å². The number of methoxy groups -OCH3 is 1. The summed E-state index contributed by atoms with van der Waals surface area (Å²) in [6.45, 7) is 6.65. The van der Waals surface area contributed by atoms with E-state index in [1.165, 1.54) is 19.4 Å². The van der Waals surface area contributed by atoms with Gasteiger partial charge in [0, 0.05) is 20.2 Å². The van der Waals surface area contributed by atoms with E-state index >= 15 is 0 Å². The van der Waals surface area contributed by atoms with Crippen molar-refractivity contribution in [3.63, 3.8) is 0 Å². The first-order chi connectivity index (χ1) is 8.63. The normalized spacial score (nSPS) is 25.0. The lowest BCUT2D eigenvalue weighted by Crippen LogP contribution is -2.40. The Morgan fingerprint density at radius 3 is 2.89 bits per heavy atom. The maximum atomic E-state index is 10.1. The molecule has 18 heavy (non-hydrogen) atoms. The minimum Gasteiger partial charge on any atom is -0.389 e. The Hall–Kier alpha value is -0.160. The maximum absolute atomic E-state index is 10.1. The van der Waals surface area contributed by atoms with Gasteiger partial charge in [-0.25, -0.2) is 0 Å². The number of aliphatic hydroxyl groups is 1. The molecule has 0 radical (unpaired) electrons. The Labute approximate surface area is 111 Å². The van der Waals surface area contributed by atoms with E-state index in [1.807, 2.05) is 6.92 Å². The van der Waals surface area contributed by atoms with Crippen LogP contribution in [0.5, 0.6) is 0 Å². The summed E-state index contributed by atoms with van der Waals surface area (Å²) >= 11 is 0. The third-order valence-electron chi connectivity index (χ3n) is 4.16. The number of likely N-dealkylation sites (tertiary alicyclic amines) is 1. The highest BCUT2D eigenvalue weighted by Crippen LogP contribution is 2.19. The molecule has 1 rings (SSSR count). The summed E-state index contributed by atoms with van der Waals surface area (Å²) in [4.78, 5) is 2.50. The van der Waals surface area contributed by atoms with E-state index < -0.39 is 5.60 Å². The molecule has 4 nitrogen and oxygen atoms in total.